The van der Waals surface area contributed by atoms with Crippen LogP contribution in [0.2, 0.25) is 5.02 Å². The van der Waals surface area contributed by atoms with Gasteiger partial charge in [0.25, 0.3) is 11.8 Å². The van der Waals surface area contributed by atoms with E-state index in [4.69, 9.17) is 11.6 Å². The summed E-state index contributed by atoms with van der Waals surface area (Å²) in [5.74, 6) is -0.525. The molecule has 0 radical (unpaired) electrons. The van der Waals surface area contributed by atoms with E-state index in [9.17, 15) is 14.0 Å². The number of anilines is 1. The summed E-state index contributed by atoms with van der Waals surface area (Å²) >= 11 is 7.09. The van der Waals surface area contributed by atoms with E-state index in [-0.39, 0.29) is 23.0 Å². The number of benzene rings is 1. The first-order chi connectivity index (χ1) is 13.9. The van der Waals surface area contributed by atoms with Crippen LogP contribution in [0.15, 0.2) is 30.6 Å². The van der Waals surface area contributed by atoms with E-state index in [0.29, 0.717) is 15.9 Å². The van der Waals surface area contributed by atoms with Gasteiger partial charge in [-0.15, -0.1) is 21.5 Å². The highest BCUT2D eigenvalue weighted by Crippen LogP contribution is 2.35. The monoisotopic (exact) mass is 433 g/mol. The summed E-state index contributed by atoms with van der Waals surface area (Å²) in [6.07, 6.45) is 3.89. The molecule has 0 bridgehead atoms. The van der Waals surface area contributed by atoms with Crippen LogP contribution >= 0.6 is 22.9 Å². The molecule has 3 aromatic rings. The molecule has 1 aliphatic carbocycles. The molecule has 0 unspecified atom stereocenters. The van der Waals surface area contributed by atoms with Crippen LogP contribution < -0.4 is 10.6 Å². The van der Waals surface area contributed by atoms with E-state index >= 15 is 0 Å². The van der Waals surface area contributed by atoms with Gasteiger partial charge < -0.3 is 15.2 Å². The quantitative estimate of drug-likeness (QED) is 0.615. The molecule has 4 rings (SSSR count). The van der Waals surface area contributed by atoms with Crippen molar-refractivity contribution < 1.29 is 14.0 Å². The first-order valence-corrected chi connectivity index (χ1v) is 10.1. The van der Waals surface area contributed by atoms with Gasteiger partial charge in [0, 0.05) is 6.04 Å². The molecule has 0 aliphatic heterocycles. The lowest BCUT2D eigenvalue weighted by atomic mass is 10.2. The molecule has 0 atom stereocenters. The fraction of sp³-hybridized carbons (Fsp3) is 0.263. The van der Waals surface area contributed by atoms with E-state index in [0.717, 1.165) is 41.6 Å². The van der Waals surface area contributed by atoms with E-state index in [1.54, 1.807) is 19.3 Å². The zero-order chi connectivity index (χ0) is 20.5. The van der Waals surface area contributed by atoms with Crippen molar-refractivity contribution >= 4 is 39.8 Å². The molecule has 2 heterocycles. The molecule has 10 heteroatoms. The van der Waals surface area contributed by atoms with E-state index in [1.807, 2.05) is 4.57 Å². The van der Waals surface area contributed by atoms with Crippen molar-refractivity contribution in [2.75, 3.05) is 5.32 Å². The highest BCUT2D eigenvalue weighted by molar-refractivity contribution is 7.18. The van der Waals surface area contributed by atoms with Crippen molar-refractivity contribution in [3.05, 3.63) is 63.3 Å². The standard InChI is InChI=1S/C19H17ClFN5O2S/c1-10-6-16(24-18(27)13-5-2-11(21)7-14(13)20)29-17(10)19(28)22-8-15-25-23-9-26(15)12-3-4-12/h2,5-7,9,12H,3-4,8H2,1H3,(H,22,28)(H,24,27). The summed E-state index contributed by atoms with van der Waals surface area (Å²) in [4.78, 5) is 25.5. The highest BCUT2D eigenvalue weighted by atomic mass is 35.5. The minimum absolute atomic E-state index is 0.0218. The normalized spacial score (nSPS) is 13.3. The number of aryl methyl sites for hydroxylation is 1. The first kappa shape index (κ1) is 19.5. The van der Waals surface area contributed by atoms with Gasteiger partial charge in [0.1, 0.15) is 12.1 Å². The maximum atomic E-state index is 13.2. The van der Waals surface area contributed by atoms with Gasteiger partial charge in [0.2, 0.25) is 0 Å². The summed E-state index contributed by atoms with van der Waals surface area (Å²) in [6.45, 7) is 2.07. The number of carbonyl (C=O) groups is 2. The second kappa shape index (κ2) is 7.92. The molecule has 7 nitrogen and oxygen atoms in total. The summed E-state index contributed by atoms with van der Waals surface area (Å²) in [6, 6.07) is 5.70. The number of nitrogens with zero attached hydrogens (tertiary/aromatic N) is 3. The van der Waals surface area contributed by atoms with Gasteiger partial charge in [0.15, 0.2) is 5.82 Å². The summed E-state index contributed by atoms with van der Waals surface area (Å²) in [5.41, 5.74) is 0.890. The Balaban J connectivity index is 1.42. The number of hydrogen-bond acceptors (Lipinski definition) is 5. The molecule has 0 saturated heterocycles. The minimum atomic E-state index is -0.519. The van der Waals surface area contributed by atoms with Gasteiger partial charge in [0.05, 0.1) is 27.0 Å². The molecule has 1 aliphatic rings. The lowest BCUT2D eigenvalue weighted by Gasteiger charge is -2.06. The number of carbonyl (C=O) groups excluding carboxylic acids is 2. The van der Waals surface area contributed by atoms with Crippen LogP contribution in [0.25, 0.3) is 0 Å². The number of halogens is 2. The Hall–Kier alpha value is -2.78. The number of thiophene rings is 1. The fourth-order valence-electron chi connectivity index (χ4n) is 2.91. The second-order valence-corrected chi connectivity index (χ2v) is 8.23. The molecule has 1 saturated carbocycles. The fourth-order valence-corrected chi connectivity index (χ4v) is 4.15. The molecule has 2 amide bonds. The molecular weight excluding hydrogens is 417 g/mol. The van der Waals surface area contributed by atoms with Crippen LogP contribution in [-0.2, 0) is 6.54 Å². The smallest absolute Gasteiger partial charge is 0.262 e. The topological polar surface area (TPSA) is 88.9 Å². The summed E-state index contributed by atoms with van der Waals surface area (Å²) in [5, 5.41) is 14.1. The third-order valence-electron chi connectivity index (χ3n) is 4.53. The van der Waals surface area contributed by atoms with Gasteiger partial charge in [-0.05, 0) is 49.6 Å². The van der Waals surface area contributed by atoms with Crippen LogP contribution in [-0.4, -0.2) is 26.6 Å². The summed E-state index contributed by atoms with van der Waals surface area (Å²) in [7, 11) is 0. The third kappa shape index (κ3) is 4.30. The van der Waals surface area contributed by atoms with Crippen molar-refractivity contribution in [1.29, 1.82) is 0 Å². The molecule has 2 N–H and O–H groups in total. The lowest BCUT2D eigenvalue weighted by molar-refractivity contribution is 0.0952. The number of aromatic nitrogens is 3. The SMILES string of the molecule is Cc1cc(NC(=O)c2ccc(F)cc2Cl)sc1C(=O)NCc1nncn1C1CC1. The van der Waals surface area contributed by atoms with Crippen molar-refractivity contribution in [2.45, 2.75) is 32.4 Å². The number of amides is 2. The molecular formula is C19H17ClFN5O2S. The van der Waals surface area contributed by atoms with Crippen molar-refractivity contribution in [3.63, 3.8) is 0 Å². The number of nitrogens with one attached hydrogen (secondary N) is 2. The van der Waals surface area contributed by atoms with Gasteiger partial charge in [-0.3, -0.25) is 9.59 Å². The summed E-state index contributed by atoms with van der Waals surface area (Å²) < 4.78 is 15.1. The second-order valence-electron chi connectivity index (χ2n) is 6.77. The number of rotatable bonds is 6. The van der Waals surface area contributed by atoms with Crippen LogP contribution in [0.5, 0.6) is 0 Å². The highest BCUT2D eigenvalue weighted by Gasteiger charge is 2.26. The Morgan fingerprint density at radius 3 is 2.83 bits per heavy atom. The van der Waals surface area contributed by atoms with Gasteiger partial charge >= 0.3 is 0 Å². The Morgan fingerprint density at radius 1 is 1.31 bits per heavy atom. The van der Waals surface area contributed by atoms with Gasteiger partial charge in [-0.2, -0.15) is 0 Å². The molecule has 2 aromatic heterocycles. The van der Waals surface area contributed by atoms with Crippen LogP contribution in [0.1, 0.15) is 50.3 Å². The van der Waals surface area contributed by atoms with Crippen molar-refractivity contribution in [3.8, 4) is 0 Å². The maximum absolute atomic E-state index is 13.2. The Kier molecular flexibility index (Phi) is 5.33. The van der Waals surface area contributed by atoms with E-state index in [2.05, 4.69) is 20.8 Å². The maximum Gasteiger partial charge on any atom is 0.262 e. The Labute approximate surface area is 174 Å². The molecule has 1 fully saturated rings. The van der Waals surface area contributed by atoms with Gasteiger partial charge in [-0.25, -0.2) is 4.39 Å². The minimum Gasteiger partial charge on any atom is -0.344 e. The third-order valence-corrected chi connectivity index (χ3v) is 6.00. The van der Waals surface area contributed by atoms with Crippen LogP contribution in [0.3, 0.4) is 0 Å². The zero-order valence-corrected chi connectivity index (χ0v) is 17.0. The van der Waals surface area contributed by atoms with E-state index in [1.165, 1.54) is 12.1 Å². The predicted octanol–water partition coefficient (Wildman–Crippen LogP) is 3.96. The lowest BCUT2D eigenvalue weighted by Crippen LogP contribution is -2.24. The molecule has 29 heavy (non-hydrogen) atoms. The van der Waals surface area contributed by atoms with Crippen LogP contribution in [0, 0.1) is 12.7 Å². The van der Waals surface area contributed by atoms with Crippen molar-refractivity contribution in [1.82, 2.24) is 20.1 Å². The Bertz CT molecular complexity index is 1090. The van der Waals surface area contributed by atoms with Crippen LogP contribution in [0.4, 0.5) is 9.39 Å². The Morgan fingerprint density at radius 2 is 2.10 bits per heavy atom. The van der Waals surface area contributed by atoms with Gasteiger partial charge in [-0.1, -0.05) is 11.6 Å². The predicted molar refractivity (Wildman–Crippen MR) is 108 cm³/mol. The average molecular weight is 434 g/mol. The largest absolute Gasteiger partial charge is 0.344 e. The zero-order valence-electron chi connectivity index (χ0n) is 15.4. The average Bonchev–Trinajstić information content (AvgIpc) is 3.29. The van der Waals surface area contributed by atoms with E-state index < -0.39 is 11.7 Å². The first-order valence-electron chi connectivity index (χ1n) is 8.96. The molecule has 150 valence electrons. The van der Waals surface area contributed by atoms with Crippen molar-refractivity contribution in [2.24, 2.45) is 0 Å². The molecule has 1 aromatic carbocycles. The molecule has 0 spiro atoms. The number of hydrogen-bond donors (Lipinski definition) is 2.